The highest BCUT2D eigenvalue weighted by atomic mass is 16.7. The van der Waals surface area contributed by atoms with E-state index in [4.69, 9.17) is 19.7 Å². The summed E-state index contributed by atoms with van der Waals surface area (Å²) in [6.45, 7) is 2.37. The van der Waals surface area contributed by atoms with Crippen LogP contribution in [0.4, 0.5) is 0 Å². The molecule has 0 bridgehead atoms. The molecule has 1 unspecified atom stereocenters. The first-order valence-corrected chi connectivity index (χ1v) is 7.76. The summed E-state index contributed by atoms with van der Waals surface area (Å²) < 4.78 is 10.0. The van der Waals surface area contributed by atoms with E-state index in [9.17, 15) is 24.9 Å². The Balaban J connectivity index is 2.63. The second-order valence-electron chi connectivity index (χ2n) is 5.86. The maximum absolute atomic E-state index is 12.0. The Morgan fingerprint density at radius 1 is 1.20 bits per heavy atom. The largest absolute Gasteiger partial charge is 0.481 e. The summed E-state index contributed by atoms with van der Waals surface area (Å²) in [5, 5.41) is 46.9. The summed E-state index contributed by atoms with van der Waals surface area (Å²) in [5.74, 6) is -2.31. The van der Waals surface area contributed by atoms with Crippen LogP contribution in [0.15, 0.2) is 23.8 Å². The van der Waals surface area contributed by atoms with Crippen LogP contribution in [-0.2, 0) is 19.1 Å². The number of aliphatic hydroxyl groups excluding tert-OH is 4. The van der Waals surface area contributed by atoms with Crippen molar-refractivity contribution in [2.24, 2.45) is 5.92 Å². The summed E-state index contributed by atoms with van der Waals surface area (Å²) in [7, 11) is 0. The van der Waals surface area contributed by atoms with Gasteiger partial charge in [-0.2, -0.15) is 0 Å². The summed E-state index contributed by atoms with van der Waals surface area (Å²) in [4.78, 5) is 22.6. The lowest BCUT2D eigenvalue weighted by Gasteiger charge is -2.39. The molecule has 0 amide bonds. The SMILES string of the molecule is C/C(=C\C=C\CC(C)C(=O)O)C(=O)O[C@@H]1O[C@H](CO)[C@@H](O)[C@H](O)[C@H]1O. The van der Waals surface area contributed by atoms with Crippen molar-refractivity contribution in [2.45, 2.75) is 51.0 Å². The van der Waals surface area contributed by atoms with Gasteiger partial charge in [-0.3, -0.25) is 4.79 Å². The topological polar surface area (TPSA) is 154 Å². The van der Waals surface area contributed by atoms with Crippen molar-refractivity contribution in [3.05, 3.63) is 23.8 Å². The van der Waals surface area contributed by atoms with Crippen molar-refractivity contribution in [2.75, 3.05) is 6.61 Å². The lowest BCUT2D eigenvalue weighted by molar-refractivity contribution is -0.291. The van der Waals surface area contributed by atoms with E-state index < -0.39 is 55.2 Å². The van der Waals surface area contributed by atoms with Gasteiger partial charge in [-0.1, -0.05) is 25.2 Å². The third kappa shape index (κ3) is 5.91. The van der Waals surface area contributed by atoms with Crippen LogP contribution in [0, 0.1) is 5.92 Å². The van der Waals surface area contributed by atoms with Crippen molar-refractivity contribution in [1.82, 2.24) is 0 Å². The van der Waals surface area contributed by atoms with Gasteiger partial charge in [0.2, 0.25) is 6.29 Å². The smallest absolute Gasteiger partial charge is 0.336 e. The van der Waals surface area contributed by atoms with Gasteiger partial charge in [-0.25, -0.2) is 4.79 Å². The Hall–Kier alpha value is -1.78. The number of carboxylic acid groups (broad SMARTS) is 1. The van der Waals surface area contributed by atoms with Gasteiger partial charge in [0, 0.05) is 5.57 Å². The molecule has 0 aromatic carbocycles. The predicted octanol–water partition coefficient (Wildman–Crippen LogP) is -1.06. The minimum atomic E-state index is -1.67. The third-order valence-corrected chi connectivity index (χ3v) is 3.79. The van der Waals surface area contributed by atoms with Crippen LogP contribution >= 0.6 is 0 Å². The molecule has 1 heterocycles. The predicted molar refractivity (Wildman–Crippen MR) is 84.2 cm³/mol. The highest BCUT2D eigenvalue weighted by Crippen LogP contribution is 2.22. The molecule has 9 nitrogen and oxygen atoms in total. The van der Waals surface area contributed by atoms with Crippen LogP contribution in [-0.4, -0.2) is 74.8 Å². The van der Waals surface area contributed by atoms with Crippen LogP contribution in [0.2, 0.25) is 0 Å². The fourth-order valence-corrected chi connectivity index (χ4v) is 2.03. The minimum absolute atomic E-state index is 0.149. The lowest BCUT2D eigenvalue weighted by Crippen LogP contribution is -2.59. The number of allylic oxidation sites excluding steroid dienone is 3. The van der Waals surface area contributed by atoms with Gasteiger partial charge in [-0.05, 0) is 13.3 Å². The second-order valence-corrected chi connectivity index (χ2v) is 5.86. The number of carboxylic acids is 1. The van der Waals surface area contributed by atoms with Crippen molar-refractivity contribution < 1.29 is 44.6 Å². The molecule has 0 saturated carbocycles. The van der Waals surface area contributed by atoms with Gasteiger partial charge in [0.25, 0.3) is 0 Å². The summed E-state index contributed by atoms with van der Waals surface area (Å²) in [6, 6.07) is 0. The zero-order chi connectivity index (χ0) is 19.1. The average Bonchev–Trinajstić information content (AvgIpc) is 2.58. The van der Waals surface area contributed by atoms with Crippen LogP contribution in [0.5, 0.6) is 0 Å². The summed E-state index contributed by atoms with van der Waals surface area (Å²) in [6.07, 6.45) is -2.76. The highest BCUT2D eigenvalue weighted by molar-refractivity contribution is 5.88. The Morgan fingerprint density at radius 2 is 1.84 bits per heavy atom. The molecule has 0 aromatic heterocycles. The number of aliphatic hydroxyl groups is 4. The van der Waals surface area contributed by atoms with Gasteiger partial charge in [-0.15, -0.1) is 0 Å². The van der Waals surface area contributed by atoms with E-state index in [0.717, 1.165) is 0 Å². The number of carbonyl (C=O) groups excluding carboxylic acids is 1. The maximum Gasteiger partial charge on any atom is 0.336 e. The second kappa shape index (κ2) is 9.64. The van der Waals surface area contributed by atoms with Crippen molar-refractivity contribution in [3.63, 3.8) is 0 Å². The molecule has 1 fully saturated rings. The number of rotatable bonds is 7. The molecular weight excluding hydrogens is 336 g/mol. The monoisotopic (exact) mass is 360 g/mol. The van der Waals surface area contributed by atoms with Gasteiger partial charge >= 0.3 is 11.9 Å². The number of esters is 1. The first-order valence-electron chi connectivity index (χ1n) is 7.76. The minimum Gasteiger partial charge on any atom is -0.481 e. The molecule has 0 radical (unpaired) electrons. The molecule has 0 aliphatic carbocycles. The highest BCUT2D eigenvalue weighted by Gasteiger charge is 2.45. The Labute approximate surface area is 144 Å². The van der Waals surface area contributed by atoms with Crippen molar-refractivity contribution in [3.8, 4) is 0 Å². The average molecular weight is 360 g/mol. The van der Waals surface area contributed by atoms with E-state index in [1.165, 1.54) is 19.1 Å². The summed E-state index contributed by atoms with van der Waals surface area (Å²) in [5.41, 5.74) is 0.149. The third-order valence-electron chi connectivity index (χ3n) is 3.79. The maximum atomic E-state index is 12.0. The molecule has 0 aromatic rings. The van der Waals surface area contributed by atoms with E-state index >= 15 is 0 Å². The van der Waals surface area contributed by atoms with Crippen LogP contribution in [0.1, 0.15) is 20.3 Å². The lowest BCUT2D eigenvalue weighted by atomic mass is 9.99. The first kappa shape index (κ1) is 21.3. The standard InChI is InChI=1S/C16H24O9/c1-8(14(21)22)5-3-4-6-9(2)15(23)25-16-13(20)12(19)11(18)10(7-17)24-16/h3-4,6,8,10-13,16-20H,5,7H2,1-2H3,(H,21,22)/b4-3+,9-6+/t8?,10-,11-,12+,13-,16+/m1/s1. The van der Waals surface area contributed by atoms with Gasteiger partial charge in [0.05, 0.1) is 12.5 Å². The molecule has 5 N–H and O–H groups in total. The van der Waals surface area contributed by atoms with Crippen LogP contribution in [0.3, 0.4) is 0 Å². The van der Waals surface area contributed by atoms with Crippen LogP contribution < -0.4 is 0 Å². The van der Waals surface area contributed by atoms with E-state index in [0.29, 0.717) is 6.42 Å². The van der Waals surface area contributed by atoms with Crippen LogP contribution in [0.25, 0.3) is 0 Å². The number of ether oxygens (including phenoxy) is 2. The summed E-state index contributed by atoms with van der Waals surface area (Å²) >= 11 is 0. The zero-order valence-corrected chi connectivity index (χ0v) is 14.0. The number of hydrogen-bond donors (Lipinski definition) is 5. The van der Waals surface area contributed by atoms with Crippen molar-refractivity contribution in [1.29, 1.82) is 0 Å². The quantitative estimate of drug-likeness (QED) is 0.217. The van der Waals surface area contributed by atoms with Crippen molar-refractivity contribution >= 4 is 11.9 Å². The number of hydrogen-bond acceptors (Lipinski definition) is 8. The van der Waals surface area contributed by atoms with E-state index in [1.807, 2.05) is 0 Å². The van der Waals surface area contributed by atoms with E-state index in [2.05, 4.69) is 0 Å². The molecule has 1 rings (SSSR count). The van der Waals surface area contributed by atoms with E-state index in [-0.39, 0.29) is 5.57 Å². The van der Waals surface area contributed by atoms with E-state index in [1.54, 1.807) is 13.0 Å². The fourth-order valence-electron chi connectivity index (χ4n) is 2.03. The fraction of sp³-hybridized carbons (Fsp3) is 0.625. The molecule has 0 spiro atoms. The van der Waals surface area contributed by atoms with Gasteiger partial charge < -0.3 is 35.0 Å². The normalized spacial score (nSPS) is 31.8. The zero-order valence-electron chi connectivity index (χ0n) is 14.0. The van der Waals surface area contributed by atoms with Gasteiger partial charge in [0.1, 0.15) is 24.4 Å². The Bertz CT molecular complexity index is 526. The molecule has 25 heavy (non-hydrogen) atoms. The molecule has 1 aliphatic rings. The van der Waals surface area contributed by atoms with Gasteiger partial charge in [0.15, 0.2) is 0 Å². The molecule has 9 heteroatoms. The molecule has 1 aliphatic heterocycles. The number of aliphatic carboxylic acids is 1. The number of carbonyl (C=O) groups is 2. The molecule has 6 atom stereocenters. The first-order chi connectivity index (χ1) is 11.7. The molecule has 142 valence electrons. The molecular formula is C16H24O9. The molecule has 1 saturated heterocycles. The Morgan fingerprint density at radius 3 is 2.40 bits per heavy atom. The Kier molecular flexibility index (Phi) is 8.20.